The van der Waals surface area contributed by atoms with Gasteiger partial charge in [-0.3, -0.25) is 14.2 Å². The molecule has 1 heterocycles. The number of benzene rings is 2. The summed E-state index contributed by atoms with van der Waals surface area (Å²) in [7, 11) is 0. The molecule has 5 nitrogen and oxygen atoms in total. The number of hydrogen-bond donors (Lipinski definition) is 1. The molecule has 0 saturated heterocycles. The Kier molecular flexibility index (Phi) is 4.25. The number of para-hydroxylation sites is 2. The summed E-state index contributed by atoms with van der Waals surface area (Å²) < 4.78 is 2.40. The number of aryl methyl sites for hydroxylation is 1. The topological polar surface area (TPSA) is 64.0 Å². The number of nitrogens with zero attached hydrogens (tertiary/aromatic N) is 2. The van der Waals surface area contributed by atoms with E-state index in [0.717, 1.165) is 10.0 Å². The van der Waals surface area contributed by atoms with Gasteiger partial charge in [0.25, 0.3) is 5.56 Å². The molecule has 23 heavy (non-hydrogen) atoms. The fourth-order valence-corrected chi connectivity index (χ4v) is 2.59. The summed E-state index contributed by atoms with van der Waals surface area (Å²) in [5.41, 5.74) is 2.74. The van der Waals surface area contributed by atoms with Gasteiger partial charge in [-0.1, -0.05) is 28.1 Å². The van der Waals surface area contributed by atoms with E-state index in [9.17, 15) is 9.59 Å². The zero-order chi connectivity index (χ0) is 16.4. The molecule has 0 aliphatic heterocycles. The smallest absolute Gasteiger partial charge is 0.269 e. The first kappa shape index (κ1) is 15.4. The molecule has 0 aliphatic carbocycles. The molecular formula is C17H14BrN3O2. The maximum Gasteiger partial charge on any atom is 0.269 e. The van der Waals surface area contributed by atoms with Gasteiger partial charge in [-0.2, -0.15) is 0 Å². The van der Waals surface area contributed by atoms with Crippen LogP contribution in [0.25, 0.3) is 11.0 Å². The fraction of sp³-hybridized carbons (Fsp3) is 0.118. The van der Waals surface area contributed by atoms with Crippen LogP contribution in [0.2, 0.25) is 0 Å². The molecule has 3 aromatic rings. The number of anilines is 1. The van der Waals surface area contributed by atoms with E-state index in [1.807, 2.05) is 37.3 Å². The summed E-state index contributed by atoms with van der Waals surface area (Å²) in [6, 6.07) is 12.8. The van der Waals surface area contributed by atoms with Crippen molar-refractivity contribution in [1.29, 1.82) is 0 Å². The highest BCUT2D eigenvalue weighted by Crippen LogP contribution is 2.20. The molecule has 0 radical (unpaired) electrons. The second kappa shape index (κ2) is 6.34. The zero-order valence-electron chi connectivity index (χ0n) is 12.4. The molecule has 1 aromatic heterocycles. The van der Waals surface area contributed by atoms with Crippen LogP contribution in [0, 0.1) is 6.92 Å². The Balaban J connectivity index is 1.87. The highest BCUT2D eigenvalue weighted by Gasteiger charge is 2.09. The third-order valence-corrected chi connectivity index (χ3v) is 4.39. The Labute approximate surface area is 141 Å². The average Bonchev–Trinajstić information content (AvgIpc) is 2.54. The molecule has 116 valence electrons. The van der Waals surface area contributed by atoms with E-state index in [1.54, 1.807) is 12.1 Å². The van der Waals surface area contributed by atoms with E-state index in [0.29, 0.717) is 16.7 Å². The molecule has 0 fully saturated rings. The fourth-order valence-electron chi connectivity index (χ4n) is 2.34. The lowest BCUT2D eigenvalue weighted by molar-refractivity contribution is -0.116. The highest BCUT2D eigenvalue weighted by atomic mass is 79.9. The highest BCUT2D eigenvalue weighted by molar-refractivity contribution is 9.10. The van der Waals surface area contributed by atoms with Gasteiger partial charge in [-0.15, -0.1) is 0 Å². The summed E-state index contributed by atoms with van der Waals surface area (Å²) in [6.07, 6.45) is 1.24. The van der Waals surface area contributed by atoms with E-state index in [2.05, 4.69) is 26.2 Å². The van der Waals surface area contributed by atoms with Crippen LogP contribution in [0.1, 0.15) is 5.56 Å². The van der Waals surface area contributed by atoms with Gasteiger partial charge < -0.3 is 5.32 Å². The van der Waals surface area contributed by atoms with Crippen molar-refractivity contribution < 1.29 is 4.79 Å². The van der Waals surface area contributed by atoms with Gasteiger partial charge in [0.1, 0.15) is 6.54 Å². The minimum atomic E-state index is -0.300. The van der Waals surface area contributed by atoms with Gasteiger partial charge >= 0.3 is 0 Å². The van der Waals surface area contributed by atoms with Crippen LogP contribution in [0.4, 0.5) is 5.69 Å². The van der Waals surface area contributed by atoms with Crippen molar-refractivity contribution in [2.75, 3.05) is 5.32 Å². The van der Waals surface area contributed by atoms with Crippen LogP contribution >= 0.6 is 15.9 Å². The Bertz CT molecular complexity index is 950. The van der Waals surface area contributed by atoms with Gasteiger partial charge in [0.15, 0.2) is 0 Å². The Morgan fingerprint density at radius 2 is 2.04 bits per heavy atom. The van der Waals surface area contributed by atoms with E-state index < -0.39 is 0 Å². The molecule has 0 atom stereocenters. The van der Waals surface area contributed by atoms with Gasteiger partial charge in [-0.05, 0) is 42.8 Å². The largest absolute Gasteiger partial charge is 0.325 e. The molecule has 6 heteroatoms. The van der Waals surface area contributed by atoms with Gasteiger partial charge in [0, 0.05) is 10.2 Å². The lowest BCUT2D eigenvalue weighted by Gasteiger charge is -2.10. The molecule has 0 unspecified atom stereocenters. The SMILES string of the molecule is Cc1cc(NC(=O)Cn2c(=O)cnc3ccccc32)ccc1Br. The average molecular weight is 372 g/mol. The summed E-state index contributed by atoms with van der Waals surface area (Å²) in [6.45, 7) is 1.89. The summed E-state index contributed by atoms with van der Waals surface area (Å²) in [5, 5.41) is 2.81. The maximum atomic E-state index is 12.3. The molecule has 0 bridgehead atoms. The maximum absolute atomic E-state index is 12.3. The van der Waals surface area contributed by atoms with Crippen LogP contribution < -0.4 is 10.9 Å². The minimum absolute atomic E-state index is 0.0586. The molecule has 0 aliphatic rings. The van der Waals surface area contributed by atoms with Crippen molar-refractivity contribution in [3.8, 4) is 0 Å². The molecule has 0 spiro atoms. The number of amides is 1. The lowest BCUT2D eigenvalue weighted by atomic mass is 10.2. The van der Waals surface area contributed by atoms with Crippen LogP contribution in [0.3, 0.4) is 0 Å². The Morgan fingerprint density at radius 3 is 2.83 bits per heavy atom. The second-order valence-electron chi connectivity index (χ2n) is 5.18. The van der Waals surface area contributed by atoms with E-state index in [1.165, 1.54) is 10.8 Å². The molecule has 0 saturated carbocycles. The molecule has 3 rings (SSSR count). The number of halogens is 1. The molecule has 1 amide bonds. The monoisotopic (exact) mass is 371 g/mol. The number of carbonyl (C=O) groups is 1. The Hall–Kier alpha value is -2.47. The number of rotatable bonds is 3. The minimum Gasteiger partial charge on any atom is -0.325 e. The second-order valence-corrected chi connectivity index (χ2v) is 6.04. The summed E-state index contributed by atoms with van der Waals surface area (Å²) in [4.78, 5) is 28.4. The van der Waals surface area contributed by atoms with E-state index in [-0.39, 0.29) is 18.0 Å². The third-order valence-electron chi connectivity index (χ3n) is 3.50. The van der Waals surface area contributed by atoms with Crippen molar-refractivity contribution in [3.63, 3.8) is 0 Å². The molecule has 1 N–H and O–H groups in total. The van der Waals surface area contributed by atoms with Crippen LogP contribution in [0.15, 0.2) is 57.9 Å². The van der Waals surface area contributed by atoms with Crippen molar-refractivity contribution in [3.05, 3.63) is 69.1 Å². The number of fused-ring (bicyclic) bond motifs is 1. The first-order valence-corrected chi connectivity index (χ1v) is 7.84. The first-order chi connectivity index (χ1) is 11.0. The number of nitrogens with one attached hydrogen (secondary N) is 1. The van der Waals surface area contributed by atoms with E-state index >= 15 is 0 Å². The van der Waals surface area contributed by atoms with Crippen LogP contribution in [0.5, 0.6) is 0 Å². The van der Waals surface area contributed by atoms with Crippen molar-refractivity contribution in [2.24, 2.45) is 0 Å². The number of carbonyl (C=O) groups excluding carboxylic acids is 1. The standard InChI is InChI=1S/C17H14BrN3O2/c1-11-8-12(6-7-13(11)18)20-16(22)10-21-15-5-3-2-4-14(15)19-9-17(21)23/h2-9H,10H2,1H3,(H,20,22). The van der Waals surface area contributed by atoms with E-state index in [4.69, 9.17) is 0 Å². The summed E-state index contributed by atoms with van der Waals surface area (Å²) >= 11 is 3.42. The molecular weight excluding hydrogens is 358 g/mol. The Morgan fingerprint density at radius 1 is 1.26 bits per heavy atom. The normalized spacial score (nSPS) is 10.7. The third kappa shape index (κ3) is 3.32. The number of hydrogen-bond acceptors (Lipinski definition) is 3. The van der Waals surface area contributed by atoms with Gasteiger partial charge in [0.05, 0.1) is 17.2 Å². The van der Waals surface area contributed by atoms with Crippen molar-refractivity contribution >= 4 is 38.6 Å². The van der Waals surface area contributed by atoms with Crippen LogP contribution in [-0.2, 0) is 11.3 Å². The predicted molar refractivity (Wildman–Crippen MR) is 93.5 cm³/mol. The lowest BCUT2D eigenvalue weighted by Crippen LogP contribution is -2.28. The van der Waals surface area contributed by atoms with Gasteiger partial charge in [-0.25, -0.2) is 4.98 Å². The zero-order valence-corrected chi connectivity index (χ0v) is 14.0. The first-order valence-electron chi connectivity index (χ1n) is 7.05. The van der Waals surface area contributed by atoms with Crippen molar-refractivity contribution in [1.82, 2.24) is 9.55 Å². The summed E-state index contributed by atoms with van der Waals surface area (Å²) in [5.74, 6) is -0.259. The number of aromatic nitrogens is 2. The van der Waals surface area contributed by atoms with Gasteiger partial charge in [0.2, 0.25) is 5.91 Å². The van der Waals surface area contributed by atoms with Crippen LogP contribution in [-0.4, -0.2) is 15.5 Å². The molecule has 2 aromatic carbocycles. The van der Waals surface area contributed by atoms with Crippen molar-refractivity contribution in [2.45, 2.75) is 13.5 Å². The quantitative estimate of drug-likeness (QED) is 0.769. The predicted octanol–water partition coefficient (Wildman–Crippen LogP) is 3.11.